The van der Waals surface area contributed by atoms with Gasteiger partial charge in [-0.1, -0.05) is 274 Å². The van der Waals surface area contributed by atoms with Gasteiger partial charge in [-0.15, -0.1) is 0 Å². The van der Waals surface area contributed by atoms with Crippen molar-refractivity contribution in [2.24, 2.45) is 0 Å². The summed E-state index contributed by atoms with van der Waals surface area (Å²) in [6.45, 7) is 4.37. The Morgan fingerprint density at radius 1 is 0.274 bits per heavy atom. The van der Waals surface area contributed by atoms with E-state index in [-0.39, 0.29) is 25.7 Å². The molecule has 5 atom stereocenters. The molecule has 5 unspecified atom stereocenters. The second kappa shape index (κ2) is 77.3. The van der Waals surface area contributed by atoms with Gasteiger partial charge in [0.05, 0.1) is 26.4 Å². The zero-order valence-corrected chi connectivity index (χ0v) is 67.3. The van der Waals surface area contributed by atoms with E-state index in [1.807, 2.05) is 18.2 Å². The van der Waals surface area contributed by atoms with Crippen molar-refractivity contribution in [3.8, 4) is 0 Å². The second-order valence-corrected chi connectivity index (χ2v) is 28.8. The van der Waals surface area contributed by atoms with Crippen LogP contribution in [0.5, 0.6) is 0 Å². The molecule has 0 aliphatic rings. The van der Waals surface area contributed by atoms with Gasteiger partial charge in [0.2, 0.25) is 0 Å². The Morgan fingerprint density at radius 2 is 0.528 bits per heavy atom. The number of phosphoric acid groups is 2. The van der Waals surface area contributed by atoms with Crippen molar-refractivity contribution in [3.63, 3.8) is 0 Å². The molecule has 0 aromatic heterocycles. The van der Waals surface area contributed by atoms with Crippen LogP contribution in [0.15, 0.2) is 182 Å². The van der Waals surface area contributed by atoms with Crippen LogP contribution in [0.3, 0.4) is 0 Å². The van der Waals surface area contributed by atoms with E-state index in [2.05, 4.69) is 192 Å². The van der Waals surface area contributed by atoms with Crippen molar-refractivity contribution in [2.75, 3.05) is 39.6 Å². The molecule has 0 fully saturated rings. The van der Waals surface area contributed by atoms with Crippen molar-refractivity contribution in [1.29, 1.82) is 0 Å². The van der Waals surface area contributed by atoms with Crippen molar-refractivity contribution >= 4 is 39.5 Å². The molecule has 0 saturated carbocycles. The highest BCUT2D eigenvalue weighted by Crippen LogP contribution is 2.45. The lowest BCUT2D eigenvalue weighted by molar-refractivity contribution is -0.161. The quantitative estimate of drug-likeness (QED) is 0.0169. The van der Waals surface area contributed by atoms with Crippen LogP contribution in [-0.4, -0.2) is 96.7 Å². The number of ether oxygens (including phenoxy) is 4. The summed E-state index contributed by atoms with van der Waals surface area (Å²) >= 11 is 0. The fourth-order valence-corrected chi connectivity index (χ4v) is 11.4. The van der Waals surface area contributed by atoms with E-state index in [9.17, 15) is 43.2 Å². The van der Waals surface area contributed by atoms with Gasteiger partial charge in [0, 0.05) is 25.7 Å². The SMILES string of the molecule is CC/C=C\C/C=C\C/C=C\C/C=C\C/C=C\C/C=C\CCC(=O)OCC(COP(=O)(O)OCC(O)COP(=O)(O)OCC(COC(=O)CCCC/C=C\C/C=C\C/C=C\C/C=C\CC)OC(=O)CCCCCCC/C=C\C/C=C\CCC)OC(=O)CCCCCCCC/C=C\C/C=C\C/C=C\CCCCC. The van der Waals surface area contributed by atoms with Crippen molar-refractivity contribution < 1.29 is 80.2 Å². The lowest BCUT2D eigenvalue weighted by Gasteiger charge is -2.21. The van der Waals surface area contributed by atoms with Crippen LogP contribution in [0.4, 0.5) is 0 Å². The highest BCUT2D eigenvalue weighted by atomic mass is 31.2. The maximum atomic E-state index is 13.1. The number of rotatable bonds is 73. The Hall–Kier alpha value is -5.84. The minimum Gasteiger partial charge on any atom is -0.462 e. The number of carbonyl (C=O) groups is 4. The summed E-state index contributed by atoms with van der Waals surface area (Å²) in [6.07, 6.45) is 93.2. The smallest absolute Gasteiger partial charge is 0.462 e. The van der Waals surface area contributed by atoms with E-state index in [0.717, 1.165) is 180 Å². The van der Waals surface area contributed by atoms with Crippen molar-refractivity contribution in [1.82, 2.24) is 0 Å². The van der Waals surface area contributed by atoms with Gasteiger partial charge in [-0.25, -0.2) is 9.13 Å². The Labute approximate surface area is 641 Å². The molecule has 19 heteroatoms. The van der Waals surface area contributed by atoms with Crippen LogP contribution in [0, 0.1) is 0 Å². The number of aliphatic hydroxyl groups excluding tert-OH is 1. The Balaban J connectivity index is 5.50. The average molecular weight is 1520 g/mol. The van der Waals surface area contributed by atoms with Crippen LogP contribution >= 0.6 is 15.6 Å². The predicted octanol–water partition coefficient (Wildman–Crippen LogP) is 23.6. The normalized spacial score (nSPS) is 14.8. The fourth-order valence-electron chi connectivity index (χ4n) is 9.81. The molecule has 0 amide bonds. The Morgan fingerprint density at radius 3 is 0.868 bits per heavy atom. The summed E-state index contributed by atoms with van der Waals surface area (Å²) in [4.78, 5) is 73.0. The maximum Gasteiger partial charge on any atom is 0.472 e. The molecule has 0 heterocycles. The number of hydrogen-bond donors (Lipinski definition) is 3. The molecular weight excluding hydrogens is 1380 g/mol. The van der Waals surface area contributed by atoms with E-state index in [0.29, 0.717) is 32.1 Å². The van der Waals surface area contributed by atoms with E-state index < -0.39 is 97.5 Å². The molecule has 0 aromatic rings. The first-order valence-electron chi connectivity index (χ1n) is 40.0. The number of carbonyl (C=O) groups excluding carboxylic acids is 4. The van der Waals surface area contributed by atoms with Gasteiger partial charge >= 0.3 is 39.5 Å². The van der Waals surface area contributed by atoms with Crippen LogP contribution in [-0.2, 0) is 65.4 Å². The summed E-state index contributed by atoms with van der Waals surface area (Å²) in [5, 5.41) is 10.6. The van der Waals surface area contributed by atoms with Crippen LogP contribution in [0.2, 0.25) is 0 Å². The number of esters is 4. The van der Waals surface area contributed by atoms with Gasteiger partial charge in [0.1, 0.15) is 19.3 Å². The fraction of sp³-hybridized carbons (Fsp3) is 0.609. The first kappa shape index (κ1) is 100. The van der Waals surface area contributed by atoms with Gasteiger partial charge in [-0.05, 0) is 167 Å². The molecule has 0 bridgehead atoms. The first-order chi connectivity index (χ1) is 51.7. The molecule has 0 aliphatic carbocycles. The highest BCUT2D eigenvalue weighted by molar-refractivity contribution is 7.47. The monoisotopic (exact) mass is 1520 g/mol. The van der Waals surface area contributed by atoms with Gasteiger partial charge in [0.15, 0.2) is 12.2 Å². The summed E-state index contributed by atoms with van der Waals surface area (Å²) in [5.41, 5.74) is 0. The summed E-state index contributed by atoms with van der Waals surface area (Å²) in [5.74, 6) is -2.37. The first-order valence-corrected chi connectivity index (χ1v) is 43.0. The van der Waals surface area contributed by atoms with E-state index >= 15 is 0 Å². The maximum absolute atomic E-state index is 13.1. The molecule has 106 heavy (non-hydrogen) atoms. The minimum absolute atomic E-state index is 0.0254. The lowest BCUT2D eigenvalue weighted by atomic mass is 10.1. The summed E-state index contributed by atoms with van der Waals surface area (Å²) in [7, 11) is -10.0. The van der Waals surface area contributed by atoms with Gasteiger partial charge in [-0.2, -0.15) is 0 Å². The topological polar surface area (TPSA) is 237 Å². The van der Waals surface area contributed by atoms with Gasteiger partial charge < -0.3 is 33.8 Å². The Kier molecular flexibility index (Phi) is 73.1. The number of allylic oxidation sites excluding steroid dienone is 30. The second-order valence-electron chi connectivity index (χ2n) is 25.9. The molecule has 0 rings (SSSR count). The summed E-state index contributed by atoms with van der Waals surface area (Å²) < 4.78 is 68.5. The predicted molar refractivity (Wildman–Crippen MR) is 436 cm³/mol. The third-order valence-corrected chi connectivity index (χ3v) is 17.7. The van der Waals surface area contributed by atoms with Crippen LogP contribution in [0.25, 0.3) is 0 Å². The standard InChI is InChI=1S/C87H140O17P2/c1-5-9-13-17-21-25-29-33-36-38-40-42-45-49-52-56-60-64-68-72-85(90)98-78-83(104-87(92)74-70-66-62-58-54-50-46-43-41-39-37-34-30-26-22-18-14-10-6-2)80-102-106(95,96)100-76-81(88)75-99-105(93,94)101-79-82(103-86(91)73-69-65-61-57-53-47-32-28-24-20-16-12-8-4)77-97-84(89)71-67-63-59-55-51-48-44-35-31-27-23-19-15-11-7-3/h9,11,13,15-16,20-23,25-28,32-37,40-44,49,51-52,55,60,64,81-83,88H,5-8,10,12,14,17-19,24,29-31,38-39,45-48,50,53-54,56-59,61-63,65-80H2,1-4H3,(H,93,94)(H,95,96)/b13-9-,15-11-,20-16-,25-21-,26-22-,27-23-,32-28-,36-33-,37-34-,42-40-,43-41-,44-35-,52-49-,55-51-,64-60-. The molecule has 0 aromatic carbocycles. The largest absolute Gasteiger partial charge is 0.472 e. The van der Waals surface area contributed by atoms with Crippen molar-refractivity contribution in [3.05, 3.63) is 182 Å². The number of unbranched alkanes of at least 4 members (excludes halogenated alkanes) is 17. The average Bonchev–Trinajstić information content (AvgIpc) is 0.903. The number of aliphatic hydroxyl groups is 1. The van der Waals surface area contributed by atoms with E-state index in [4.69, 9.17) is 37.0 Å². The lowest BCUT2D eigenvalue weighted by Crippen LogP contribution is -2.30. The highest BCUT2D eigenvalue weighted by Gasteiger charge is 2.30. The zero-order chi connectivity index (χ0) is 77.4. The summed E-state index contributed by atoms with van der Waals surface area (Å²) in [6, 6.07) is 0. The Bertz CT molecular complexity index is 2730. The van der Waals surface area contributed by atoms with Crippen molar-refractivity contribution in [2.45, 2.75) is 303 Å². The molecule has 600 valence electrons. The molecule has 0 saturated heterocycles. The molecule has 17 nitrogen and oxygen atoms in total. The number of hydrogen-bond acceptors (Lipinski definition) is 15. The van der Waals surface area contributed by atoms with E-state index in [1.54, 1.807) is 0 Å². The third kappa shape index (κ3) is 76.4. The molecule has 0 spiro atoms. The third-order valence-electron chi connectivity index (χ3n) is 15.8. The molecular formula is C87H140O17P2. The van der Waals surface area contributed by atoms with E-state index in [1.165, 1.54) is 19.3 Å². The minimum atomic E-state index is -5.01. The van der Waals surface area contributed by atoms with Gasteiger partial charge in [0.25, 0.3) is 0 Å². The molecule has 0 aliphatic heterocycles. The van der Waals surface area contributed by atoms with Crippen LogP contribution < -0.4 is 0 Å². The molecule has 3 N–H and O–H groups in total. The van der Waals surface area contributed by atoms with Crippen LogP contribution in [0.1, 0.15) is 285 Å². The molecule has 0 radical (unpaired) electrons. The zero-order valence-electron chi connectivity index (χ0n) is 65.5. The van der Waals surface area contributed by atoms with Gasteiger partial charge in [-0.3, -0.25) is 37.3 Å². The number of phosphoric ester groups is 2.